The summed E-state index contributed by atoms with van der Waals surface area (Å²) in [5.74, 6) is 0.939. The van der Waals surface area contributed by atoms with Crippen molar-refractivity contribution in [3.8, 4) is 5.75 Å². The van der Waals surface area contributed by atoms with Crippen molar-refractivity contribution < 1.29 is 9.47 Å². The number of ether oxygens (including phenoxy) is 2. The second-order valence-electron chi connectivity index (χ2n) is 4.58. The Bertz CT molecular complexity index is 326. The van der Waals surface area contributed by atoms with E-state index in [4.69, 9.17) is 9.47 Å². The second-order valence-corrected chi connectivity index (χ2v) is 4.58. The molecular weight excluding hydrogens is 226 g/mol. The van der Waals surface area contributed by atoms with Gasteiger partial charge in [-0.25, -0.2) is 0 Å². The first kappa shape index (κ1) is 15.0. The zero-order chi connectivity index (χ0) is 13.2. The molecule has 0 saturated carbocycles. The van der Waals surface area contributed by atoms with Crippen molar-refractivity contribution in [2.75, 3.05) is 19.8 Å². The number of hydrogen-bond donors (Lipinski definition) is 1. The molecule has 3 nitrogen and oxygen atoms in total. The van der Waals surface area contributed by atoms with Gasteiger partial charge in [0.05, 0.1) is 6.61 Å². The molecule has 0 aliphatic heterocycles. The highest BCUT2D eigenvalue weighted by Crippen LogP contribution is 2.13. The fourth-order valence-corrected chi connectivity index (χ4v) is 1.56. The Kier molecular flexibility index (Phi) is 7.46. The van der Waals surface area contributed by atoms with E-state index >= 15 is 0 Å². The molecule has 0 atom stereocenters. The van der Waals surface area contributed by atoms with E-state index in [-0.39, 0.29) is 0 Å². The molecule has 0 unspecified atom stereocenters. The number of rotatable bonds is 9. The van der Waals surface area contributed by atoms with Crippen LogP contribution < -0.4 is 10.1 Å². The standard InChI is InChI=1S/C15H25NO2/c1-4-17-9-6-10-18-15-8-5-7-14(11-15)12-16-13(2)3/h5,7-8,11,13,16H,4,6,9-10,12H2,1-3H3. The Morgan fingerprint density at radius 2 is 2.06 bits per heavy atom. The third kappa shape index (κ3) is 6.62. The average Bonchev–Trinajstić information content (AvgIpc) is 2.37. The van der Waals surface area contributed by atoms with Gasteiger partial charge in [-0.15, -0.1) is 0 Å². The highest BCUT2D eigenvalue weighted by atomic mass is 16.5. The van der Waals surface area contributed by atoms with Crippen molar-refractivity contribution in [1.82, 2.24) is 5.32 Å². The minimum atomic E-state index is 0.501. The smallest absolute Gasteiger partial charge is 0.119 e. The normalized spacial score (nSPS) is 10.9. The number of hydrogen-bond acceptors (Lipinski definition) is 3. The van der Waals surface area contributed by atoms with Crippen molar-refractivity contribution in [3.63, 3.8) is 0 Å². The van der Waals surface area contributed by atoms with E-state index < -0.39 is 0 Å². The van der Waals surface area contributed by atoms with Crippen molar-refractivity contribution in [2.24, 2.45) is 0 Å². The van der Waals surface area contributed by atoms with Crippen LogP contribution >= 0.6 is 0 Å². The van der Waals surface area contributed by atoms with Crippen LogP contribution in [0.15, 0.2) is 24.3 Å². The fraction of sp³-hybridized carbons (Fsp3) is 0.600. The van der Waals surface area contributed by atoms with Crippen LogP contribution in [0.2, 0.25) is 0 Å². The topological polar surface area (TPSA) is 30.5 Å². The summed E-state index contributed by atoms with van der Waals surface area (Å²) < 4.78 is 11.0. The molecule has 0 spiro atoms. The molecule has 0 heterocycles. The lowest BCUT2D eigenvalue weighted by atomic mass is 10.2. The minimum absolute atomic E-state index is 0.501. The first-order valence-electron chi connectivity index (χ1n) is 6.75. The zero-order valence-electron chi connectivity index (χ0n) is 11.7. The molecule has 0 saturated heterocycles. The van der Waals surface area contributed by atoms with Crippen molar-refractivity contribution >= 4 is 0 Å². The van der Waals surface area contributed by atoms with E-state index in [9.17, 15) is 0 Å². The first-order valence-corrected chi connectivity index (χ1v) is 6.75. The molecule has 0 bridgehead atoms. The van der Waals surface area contributed by atoms with Crippen molar-refractivity contribution in [1.29, 1.82) is 0 Å². The predicted molar refractivity (Wildman–Crippen MR) is 75.0 cm³/mol. The summed E-state index contributed by atoms with van der Waals surface area (Å²) >= 11 is 0. The quantitative estimate of drug-likeness (QED) is 0.684. The minimum Gasteiger partial charge on any atom is -0.493 e. The highest BCUT2D eigenvalue weighted by molar-refractivity contribution is 5.28. The molecule has 102 valence electrons. The maximum atomic E-state index is 5.69. The highest BCUT2D eigenvalue weighted by Gasteiger charge is 1.98. The SMILES string of the molecule is CCOCCCOc1cccc(CNC(C)C)c1. The summed E-state index contributed by atoms with van der Waals surface area (Å²) in [5, 5.41) is 3.40. The van der Waals surface area contributed by atoms with Crippen LogP contribution in [0.4, 0.5) is 0 Å². The van der Waals surface area contributed by atoms with Gasteiger partial charge < -0.3 is 14.8 Å². The molecule has 0 amide bonds. The van der Waals surface area contributed by atoms with Gasteiger partial charge in [0.2, 0.25) is 0 Å². The summed E-state index contributed by atoms with van der Waals surface area (Å²) in [4.78, 5) is 0. The molecule has 1 aromatic rings. The molecular formula is C15H25NO2. The number of nitrogens with one attached hydrogen (secondary N) is 1. The summed E-state index contributed by atoms with van der Waals surface area (Å²) in [5.41, 5.74) is 1.26. The van der Waals surface area contributed by atoms with Crippen LogP contribution in [-0.4, -0.2) is 25.9 Å². The Balaban J connectivity index is 2.30. The van der Waals surface area contributed by atoms with Crippen LogP contribution in [0.25, 0.3) is 0 Å². The summed E-state index contributed by atoms with van der Waals surface area (Å²) in [6.07, 6.45) is 0.933. The van der Waals surface area contributed by atoms with Crippen LogP contribution in [0.3, 0.4) is 0 Å². The van der Waals surface area contributed by atoms with Gasteiger partial charge in [0.1, 0.15) is 5.75 Å². The van der Waals surface area contributed by atoms with Crippen LogP contribution in [0, 0.1) is 0 Å². The molecule has 1 N–H and O–H groups in total. The zero-order valence-corrected chi connectivity index (χ0v) is 11.7. The molecule has 18 heavy (non-hydrogen) atoms. The van der Waals surface area contributed by atoms with E-state index in [0.29, 0.717) is 12.6 Å². The van der Waals surface area contributed by atoms with Gasteiger partial charge in [-0.05, 0) is 24.6 Å². The molecule has 1 rings (SSSR count). The summed E-state index contributed by atoms with van der Waals surface area (Å²) in [6.45, 7) is 9.44. The van der Waals surface area contributed by atoms with Gasteiger partial charge in [-0.2, -0.15) is 0 Å². The lowest BCUT2D eigenvalue weighted by molar-refractivity contribution is 0.131. The van der Waals surface area contributed by atoms with Gasteiger partial charge >= 0.3 is 0 Å². The molecule has 0 aromatic heterocycles. The van der Waals surface area contributed by atoms with Crippen LogP contribution in [-0.2, 0) is 11.3 Å². The Morgan fingerprint density at radius 1 is 1.22 bits per heavy atom. The second kappa shape index (κ2) is 8.95. The molecule has 0 aliphatic carbocycles. The van der Waals surface area contributed by atoms with Crippen molar-refractivity contribution in [2.45, 2.75) is 39.8 Å². The Hall–Kier alpha value is -1.06. The van der Waals surface area contributed by atoms with Crippen LogP contribution in [0.1, 0.15) is 32.8 Å². The largest absolute Gasteiger partial charge is 0.493 e. The Labute approximate surface area is 110 Å². The van der Waals surface area contributed by atoms with Gasteiger partial charge in [0.15, 0.2) is 0 Å². The first-order chi connectivity index (χ1) is 8.72. The average molecular weight is 251 g/mol. The molecule has 1 aromatic carbocycles. The number of benzene rings is 1. The summed E-state index contributed by atoms with van der Waals surface area (Å²) in [7, 11) is 0. The van der Waals surface area contributed by atoms with Gasteiger partial charge in [-0.3, -0.25) is 0 Å². The maximum absolute atomic E-state index is 5.69. The van der Waals surface area contributed by atoms with E-state index in [1.165, 1.54) is 5.56 Å². The third-order valence-corrected chi connectivity index (χ3v) is 2.52. The summed E-state index contributed by atoms with van der Waals surface area (Å²) in [6, 6.07) is 8.74. The molecule has 0 fully saturated rings. The van der Waals surface area contributed by atoms with Crippen molar-refractivity contribution in [3.05, 3.63) is 29.8 Å². The maximum Gasteiger partial charge on any atom is 0.119 e. The van der Waals surface area contributed by atoms with E-state index in [0.717, 1.165) is 31.9 Å². The van der Waals surface area contributed by atoms with E-state index in [2.05, 4.69) is 31.3 Å². The predicted octanol–water partition coefficient (Wildman–Crippen LogP) is 2.99. The fourth-order valence-electron chi connectivity index (χ4n) is 1.56. The van der Waals surface area contributed by atoms with Gasteiger partial charge in [0.25, 0.3) is 0 Å². The van der Waals surface area contributed by atoms with Gasteiger partial charge in [0, 0.05) is 32.2 Å². The Morgan fingerprint density at radius 3 is 2.78 bits per heavy atom. The lowest BCUT2D eigenvalue weighted by Gasteiger charge is -2.10. The van der Waals surface area contributed by atoms with E-state index in [1.807, 2.05) is 19.1 Å². The van der Waals surface area contributed by atoms with E-state index in [1.54, 1.807) is 0 Å². The third-order valence-electron chi connectivity index (χ3n) is 2.52. The molecule has 3 heteroatoms. The monoisotopic (exact) mass is 251 g/mol. The molecule has 0 radical (unpaired) electrons. The van der Waals surface area contributed by atoms with Gasteiger partial charge in [-0.1, -0.05) is 26.0 Å². The molecule has 0 aliphatic rings. The lowest BCUT2D eigenvalue weighted by Crippen LogP contribution is -2.21. The van der Waals surface area contributed by atoms with Crippen LogP contribution in [0.5, 0.6) is 5.75 Å².